The van der Waals surface area contributed by atoms with E-state index in [0.717, 1.165) is 0 Å². The molecule has 0 radical (unpaired) electrons. The second kappa shape index (κ2) is 9.31. The lowest BCUT2D eigenvalue weighted by molar-refractivity contribution is 0.0240. The van der Waals surface area contributed by atoms with E-state index in [4.69, 9.17) is 15.2 Å². The predicted molar refractivity (Wildman–Crippen MR) is 120 cm³/mol. The number of carbonyl (C=O) groups excluding carboxylic acids is 3. The van der Waals surface area contributed by atoms with Gasteiger partial charge < -0.3 is 30.3 Å². The van der Waals surface area contributed by atoms with E-state index in [1.54, 1.807) is 37.8 Å². The minimum Gasteiger partial charge on any atom is -0.444 e. The van der Waals surface area contributed by atoms with Crippen molar-refractivity contribution in [1.29, 1.82) is 0 Å². The van der Waals surface area contributed by atoms with Crippen LogP contribution in [0.1, 0.15) is 20.8 Å². The Morgan fingerprint density at radius 1 is 1.28 bits per heavy atom. The van der Waals surface area contributed by atoms with Gasteiger partial charge in [-0.2, -0.15) is 12.6 Å². The molecule has 0 aliphatic carbocycles. The number of nitrogens with two attached hydrogens (primary N) is 1. The third kappa shape index (κ3) is 5.67. The number of ether oxygens (including phenoxy) is 2. The summed E-state index contributed by atoms with van der Waals surface area (Å²) < 4.78 is 25.5. The Balaban J connectivity index is 1.62. The molecule has 2 heterocycles. The van der Waals surface area contributed by atoms with Gasteiger partial charge in [-0.3, -0.25) is 4.90 Å². The van der Waals surface area contributed by atoms with Gasteiger partial charge in [0.15, 0.2) is 6.10 Å². The van der Waals surface area contributed by atoms with Crippen LogP contribution in [0.15, 0.2) is 18.2 Å². The molecule has 0 bridgehead atoms. The Morgan fingerprint density at radius 2 is 1.94 bits per heavy atom. The number of amides is 4. The van der Waals surface area contributed by atoms with E-state index < -0.39 is 35.0 Å². The van der Waals surface area contributed by atoms with Crippen LogP contribution in [0.5, 0.6) is 0 Å². The van der Waals surface area contributed by atoms with E-state index in [1.807, 2.05) is 4.90 Å². The van der Waals surface area contributed by atoms with Crippen LogP contribution < -0.4 is 20.9 Å². The van der Waals surface area contributed by atoms with Gasteiger partial charge in [-0.15, -0.1) is 0 Å². The van der Waals surface area contributed by atoms with E-state index in [-0.39, 0.29) is 12.6 Å². The zero-order valence-corrected chi connectivity index (χ0v) is 19.1. The summed E-state index contributed by atoms with van der Waals surface area (Å²) in [5.41, 5.74) is 5.19. The molecule has 2 saturated heterocycles. The van der Waals surface area contributed by atoms with Crippen molar-refractivity contribution in [3.05, 3.63) is 24.0 Å². The van der Waals surface area contributed by atoms with Crippen LogP contribution in [0, 0.1) is 5.82 Å². The summed E-state index contributed by atoms with van der Waals surface area (Å²) in [5, 5.41) is 1.56. The third-order valence-electron chi connectivity index (χ3n) is 4.99. The molecule has 176 valence electrons. The lowest BCUT2D eigenvalue weighted by Gasteiger charge is -2.37. The van der Waals surface area contributed by atoms with Gasteiger partial charge in [-0.25, -0.2) is 18.8 Å². The predicted octanol–water partition coefficient (Wildman–Crippen LogP) is 2.13. The lowest BCUT2D eigenvalue weighted by Crippen LogP contribution is -2.50. The normalized spacial score (nSPS) is 20.1. The smallest absolute Gasteiger partial charge is 0.414 e. The monoisotopic (exact) mass is 469 g/mol. The summed E-state index contributed by atoms with van der Waals surface area (Å²) in [4.78, 5) is 40.1. The van der Waals surface area contributed by atoms with Crippen LogP contribution in [-0.4, -0.2) is 72.9 Å². The van der Waals surface area contributed by atoms with Crippen molar-refractivity contribution in [2.24, 2.45) is 5.73 Å². The van der Waals surface area contributed by atoms with Crippen LogP contribution >= 0.6 is 12.6 Å². The Bertz CT molecular complexity index is 888. The molecule has 12 heteroatoms. The number of anilines is 2. The fourth-order valence-electron chi connectivity index (χ4n) is 3.48. The standard InChI is InChI=1S/C20H28FN5O5S/c1-20(2,3)31-18(28)25-8-6-24(7-9-25)14-5-4-12(10-13(14)21)26-11-15(30-19(26)29)16(32)23-17(22)27/h4-5,10,15-16,32H,6-9,11H2,1-3H3,(H3,22,23,27). The molecule has 2 aliphatic rings. The first-order valence-corrected chi connectivity index (χ1v) is 10.7. The number of nitrogens with zero attached hydrogens (tertiary/aromatic N) is 3. The Hall–Kier alpha value is -2.89. The van der Waals surface area contributed by atoms with Gasteiger partial charge in [-0.05, 0) is 39.0 Å². The molecule has 0 saturated carbocycles. The Labute approximate surface area is 191 Å². The van der Waals surface area contributed by atoms with Crippen molar-refractivity contribution in [2.45, 2.75) is 37.9 Å². The van der Waals surface area contributed by atoms with Crippen molar-refractivity contribution in [1.82, 2.24) is 10.2 Å². The van der Waals surface area contributed by atoms with E-state index in [9.17, 15) is 18.8 Å². The van der Waals surface area contributed by atoms with Crippen LogP contribution in [-0.2, 0) is 9.47 Å². The number of hydrogen-bond donors (Lipinski definition) is 3. The van der Waals surface area contributed by atoms with E-state index in [2.05, 4.69) is 17.9 Å². The number of nitrogens with one attached hydrogen (secondary N) is 1. The maximum Gasteiger partial charge on any atom is 0.414 e. The quantitative estimate of drug-likeness (QED) is 0.459. The van der Waals surface area contributed by atoms with Crippen molar-refractivity contribution >= 4 is 42.2 Å². The Morgan fingerprint density at radius 3 is 2.50 bits per heavy atom. The molecular formula is C20H28FN5O5S. The molecule has 2 aliphatic heterocycles. The minimum absolute atomic E-state index is 0.0840. The van der Waals surface area contributed by atoms with Crippen molar-refractivity contribution in [3.63, 3.8) is 0 Å². The molecule has 1 aromatic rings. The van der Waals surface area contributed by atoms with Gasteiger partial charge in [0.1, 0.15) is 16.8 Å². The van der Waals surface area contributed by atoms with Crippen LogP contribution in [0.3, 0.4) is 0 Å². The third-order valence-corrected chi connectivity index (χ3v) is 5.45. The van der Waals surface area contributed by atoms with Gasteiger partial charge in [0.05, 0.1) is 17.9 Å². The fraction of sp³-hybridized carbons (Fsp3) is 0.550. The number of primary amides is 1. The van der Waals surface area contributed by atoms with Gasteiger partial charge in [-0.1, -0.05) is 0 Å². The first-order valence-electron chi connectivity index (χ1n) is 10.2. The molecule has 2 fully saturated rings. The summed E-state index contributed by atoms with van der Waals surface area (Å²) in [5.74, 6) is -0.498. The molecule has 32 heavy (non-hydrogen) atoms. The number of halogens is 1. The second-order valence-electron chi connectivity index (χ2n) is 8.58. The zero-order chi connectivity index (χ0) is 23.6. The largest absolute Gasteiger partial charge is 0.444 e. The average Bonchev–Trinajstić information content (AvgIpc) is 3.08. The molecule has 2 atom stereocenters. The Kier molecular flexibility index (Phi) is 6.91. The number of piperazine rings is 1. The highest BCUT2D eigenvalue weighted by Gasteiger charge is 2.37. The average molecular weight is 470 g/mol. The minimum atomic E-state index is -0.790. The van der Waals surface area contributed by atoms with Crippen LogP contribution in [0.4, 0.5) is 30.1 Å². The molecule has 2 unspecified atom stereocenters. The lowest BCUT2D eigenvalue weighted by atomic mass is 10.2. The van der Waals surface area contributed by atoms with E-state index in [0.29, 0.717) is 37.6 Å². The SMILES string of the molecule is CC(C)(C)OC(=O)N1CCN(c2ccc(N3CC(C(S)NC(N)=O)OC3=O)cc2F)CC1. The summed E-state index contributed by atoms with van der Waals surface area (Å²) in [6, 6.07) is 3.68. The second-order valence-corrected chi connectivity index (χ2v) is 9.13. The highest BCUT2D eigenvalue weighted by atomic mass is 32.1. The first-order chi connectivity index (χ1) is 14.9. The topological polar surface area (TPSA) is 117 Å². The van der Waals surface area contributed by atoms with Crippen molar-refractivity contribution in [2.75, 3.05) is 42.5 Å². The molecule has 10 nitrogen and oxygen atoms in total. The molecule has 0 spiro atoms. The highest BCUT2D eigenvalue weighted by Crippen LogP contribution is 2.29. The van der Waals surface area contributed by atoms with E-state index >= 15 is 0 Å². The number of benzene rings is 1. The highest BCUT2D eigenvalue weighted by molar-refractivity contribution is 7.81. The molecule has 1 aromatic carbocycles. The van der Waals surface area contributed by atoms with Crippen molar-refractivity contribution < 1.29 is 28.2 Å². The number of thiol groups is 1. The number of rotatable bonds is 4. The van der Waals surface area contributed by atoms with Gasteiger partial charge in [0.2, 0.25) is 0 Å². The summed E-state index contributed by atoms with van der Waals surface area (Å²) in [7, 11) is 0. The number of hydrogen-bond acceptors (Lipinski definition) is 7. The van der Waals surface area contributed by atoms with Gasteiger partial charge >= 0.3 is 18.2 Å². The van der Waals surface area contributed by atoms with Crippen LogP contribution in [0.25, 0.3) is 0 Å². The molecular weight excluding hydrogens is 441 g/mol. The van der Waals surface area contributed by atoms with Gasteiger partial charge in [0, 0.05) is 26.2 Å². The molecule has 3 rings (SSSR count). The zero-order valence-electron chi connectivity index (χ0n) is 18.2. The fourth-order valence-corrected chi connectivity index (χ4v) is 3.76. The van der Waals surface area contributed by atoms with Crippen molar-refractivity contribution in [3.8, 4) is 0 Å². The molecule has 0 aromatic heterocycles. The molecule has 3 N–H and O–H groups in total. The van der Waals surface area contributed by atoms with Gasteiger partial charge in [0.25, 0.3) is 0 Å². The first kappa shape index (κ1) is 23.8. The maximum atomic E-state index is 14.9. The summed E-state index contributed by atoms with van der Waals surface area (Å²) in [6.45, 7) is 7.22. The van der Waals surface area contributed by atoms with Crippen LogP contribution in [0.2, 0.25) is 0 Å². The number of cyclic esters (lactones) is 1. The maximum absolute atomic E-state index is 14.9. The number of carbonyl (C=O) groups is 3. The summed E-state index contributed by atoms with van der Waals surface area (Å²) >= 11 is 4.17. The summed E-state index contributed by atoms with van der Waals surface area (Å²) in [6.07, 6.45) is -1.79. The van der Waals surface area contributed by atoms with E-state index in [1.165, 1.54) is 11.0 Å². The molecule has 4 amide bonds. The number of urea groups is 1.